The lowest BCUT2D eigenvalue weighted by atomic mass is 9.92. The number of aryl methyl sites for hydroxylation is 2. The number of rotatable bonds is 6. The van der Waals surface area contributed by atoms with Crippen LogP contribution < -0.4 is 4.74 Å². The molecule has 4 rings (SSSR count). The molecule has 5 heteroatoms. The average Bonchev–Trinajstić information content (AvgIpc) is 3.13. The summed E-state index contributed by atoms with van der Waals surface area (Å²) in [4.78, 5) is 0. The second kappa shape index (κ2) is 7.74. The Kier molecular flexibility index (Phi) is 5.02. The first-order chi connectivity index (χ1) is 12.4. The van der Waals surface area contributed by atoms with E-state index in [4.69, 9.17) is 9.15 Å². The fourth-order valence-electron chi connectivity index (χ4n) is 3.02. The lowest BCUT2D eigenvalue weighted by Crippen LogP contribution is -2.03. The second-order valence-electron chi connectivity index (χ2n) is 6.16. The molecule has 1 aromatic heterocycles. The van der Waals surface area contributed by atoms with Crippen molar-refractivity contribution in [1.29, 1.82) is 0 Å². The minimum atomic E-state index is 0.303. The number of aromatic nitrogens is 2. The highest BCUT2D eigenvalue weighted by Gasteiger charge is 2.11. The number of fused-ring (bicyclic) bond motifs is 1. The summed E-state index contributed by atoms with van der Waals surface area (Å²) in [6.07, 6.45) is 4.88. The van der Waals surface area contributed by atoms with Crippen LogP contribution in [-0.2, 0) is 25.2 Å². The van der Waals surface area contributed by atoms with E-state index >= 15 is 0 Å². The van der Waals surface area contributed by atoms with E-state index in [0.717, 1.165) is 17.9 Å². The van der Waals surface area contributed by atoms with E-state index in [1.165, 1.54) is 47.7 Å². The fourth-order valence-corrected chi connectivity index (χ4v) is 3.76. The van der Waals surface area contributed by atoms with E-state index in [-0.39, 0.29) is 0 Å². The van der Waals surface area contributed by atoms with Crippen LogP contribution in [0.3, 0.4) is 0 Å². The van der Waals surface area contributed by atoms with Gasteiger partial charge >= 0.3 is 0 Å². The van der Waals surface area contributed by atoms with Crippen molar-refractivity contribution in [2.45, 2.75) is 43.3 Å². The Balaban J connectivity index is 1.32. The molecule has 25 heavy (non-hydrogen) atoms. The van der Waals surface area contributed by atoms with Crippen molar-refractivity contribution in [2.75, 3.05) is 0 Å². The van der Waals surface area contributed by atoms with Gasteiger partial charge < -0.3 is 9.15 Å². The summed E-state index contributed by atoms with van der Waals surface area (Å²) in [5.74, 6) is 2.19. The molecule has 3 aromatic rings. The predicted molar refractivity (Wildman–Crippen MR) is 97.7 cm³/mol. The fraction of sp³-hybridized carbons (Fsp3) is 0.300. The summed E-state index contributed by atoms with van der Waals surface area (Å²) in [6, 6.07) is 16.6. The number of nitrogens with zero attached hydrogens (tertiary/aromatic N) is 2. The first kappa shape index (κ1) is 16.2. The number of hydrogen-bond donors (Lipinski definition) is 0. The average molecular weight is 352 g/mol. The summed E-state index contributed by atoms with van der Waals surface area (Å²) in [5.41, 5.74) is 4.10. The molecule has 0 saturated heterocycles. The maximum absolute atomic E-state index is 5.83. The summed E-state index contributed by atoms with van der Waals surface area (Å²) < 4.78 is 11.5. The third-order valence-corrected chi connectivity index (χ3v) is 5.23. The van der Waals surface area contributed by atoms with Crippen molar-refractivity contribution in [2.24, 2.45) is 0 Å². The van der Waals surface area contributed by atoms with Crippen molar-refractivity contribution < 1.29 is 9.15 Å². The summed E-state index contributed by atoms with van der Waals surface area (Å²) in [7, 11) is 0. The van der Waals surface area contributed by atoms with Crippen LogP contribution in [0.15, 0.2) is 58.2 Å². The van der Waals surface area contributed by atoms with E-state index in [1.54, 1.807) is 0 Å². The Morgan fingerprint density at radius 1 is 0.960 bits per heavy atom. The van der Waals surface area contributed by atoms with Crippen molar-refractivity contribution in [3.63, 3.8) is 0 Å². The lowest BCUT2D eigenvalue weighted by molar-refractivity contribution is 0.252. The van der Waals surface area contributed by atoms with Crippen molar-refractivity contribution >= 4 is 11.8 Å². The molecule has 128 valence electrons. The van der Waals surface area contributed by atoms with Crippen LogP contribution in [0.5, 0.6) is 5.75 Å². The van der Waals surface area contributed by atoms with Crippen LogP contribution in [0.2, 0.25) is 0 Å². The van der Waals surface area contributed by atoms with Crippen LogP contribution in [0.4, 0.5) is 0 Å². The zero-order valence-electron chi connectivity index (χ0n) is 14.0. The molecule has 0 fully saturated rings. The molecule has 0 spiro atoms. The second-order valence-corrected chi connectivity index (χ2v) is 7.09. The molecule has 2 aromatic carbocycles. The molecular formula is C20H20N2O2S. The van der Waals surface area contributed by atoms with Crippen molar-refractivity contribution in [3.05, 3.63) is 71.1 Å². The Morgan fingerprint density at radius 2 is 1.80 bits per heavy atom. The molecule has 0 amide bonds. The lowest BCUT2D eigenvalue weighted by Gasteiger charge is -2.16. The normalized spacial score (nSPS) is 13.4. The molecule has 0 bridgehead atoms. The van der Waals surface area contributed by atoms with Crippen molar-refractivity contribution in [3.8, 4) is 5.75 Å². The van der Waals surface area contributed by atoms with Crippen LogP contribution >= 0.6 is 11.8 Å². The summed E-state index contributed by atoms with van der Waals surface area (Å²) in [5, 5.41) is 8.73. The Bertz CT molecular complexity index is 833. The number of benzene rings is 2. The highest BCUT2D eigenvalue weighted by molar-refractivity contribution is 7.98. The summed E-state index contributed by atoms with van der Waals surface area (Å²) >= 11 is 1.54. The SMILES string of the molecule is c1ccc(CSc2nnc(COc3ccc4c(c3)CCCC4)o2)cc1. The molecule has 0 N–H and O–H groups in total. The highest BCUT2D eigenvalue weighted by atomic mass is 32.2. The maximum atomic E-state index is 5.83. The van der Waals surface area contributed by atoms with E-state index in [2.05, 4.69) is 34.5 Å². The van der Waals surface area contributed by atoms with Gasteiger partial charge in [-0.15, -0.1) is 10.2 Å². The Hall–Kier alpha value is -2.27. The van der Waals surface area contributed by atoms with E-state index in [0.29, 0.717) is 17.7 Å². The molecule has 0 radical (unpaired) electrons. The molecule has 0 unspecified atom stereocenters. The van der Waals surface area contributed by atoms with Gasteiger partial charge in [-0.2, -0.15) is 0 Å². The van der Waals surface area contributed by atoms with Gasteiger partial charge in [-0.3, -0.25) is 0 Å². The third kappa shape index (κ3) is 4.23. The minimum absolute atomic E-state index is 0.303. The first-order valence-electron chi connectivity index (χ1n) is 8.60. The van der Waals surface area contributed by atoms with E-state index in [1.807, 2.05) is 24.3 Å². The molecule has 4 nitrogen and oxygen atoms in total. The topological polar surface area (TPSA) is 48.2 Å². The zero-order valence-corrected chi connectivity index (χ0v) is 14.8. The van der Waals surface area contributed by atoms with Crippen molar-refractivity contribution in [1.82, 2.24) is 10.2 Å². The standard InChI is InChI=1S/C20H20N2O2S/c1-2-6-15(7-3-1)14-25-20-22-21-19(24-20)13-23-18-11-10-16-8-4-5-9-17(16)12-18/h1-3,6-7,10-12H,4-5,8-9,13-14H2. The van der Waals surface area contributed by atoms with Crippen LogP contribution in [0.25, 0.3) is 0 Å². The molecule has 1 aliphatic carbocycles. The molecular weight excluding hydrogens is 332 g/mol. The predicted octanol–water partition coefficient (Wildman–Crippen LogP) is 4.82. The van der Waals surface area contributed by atoms with Crippen LogP contribution in [-0.4, -0.2) is 10.2 Å². The van der Waals surface area contributed by atoms with Gasteiger partial charge in [0.1, 0.15) is 5.75 Å². The zero-order chi connectivity index (χ0) is 16.9. The first-order valence-corrected chi connectivity index (χ1v) is 9.59. The Morgan fingerprint density at radius 3 is 2.68 bits per heavy atom. The number of hydrogen-bond acceptors (Lipinski definition) is 5. The van der Waals surface area contributed by atoms with Gasteiger partial charge in [-0.25, -0.2) is 0 Å². The highest BCUT2D eigenvalue weighted by Crippen LogP contribution is 2.26. The van der Waals surface area contributed by atoms with Gasteiger partial charge in [0.2, 0.25) is 0 Å². The molecule has 0 saturated carbocycles. The Labute approximate surface area is 151 Å². The summed E-state index contributed by atoms with van der Waals surface area (Å²) in [6.45, 7) is 0.303. The number of ether oxygens (including phenoxy) is 1. The van der Waals surface area contributed by atoms with Gasteiger partial charge in [0.15, 0.2) is 6.61 Å². The van der Waals surface area contributed by atoms with Gasteiger partial charge in [-0.1, -0.05) is 48.2 Å². The maximum Gasteiger partial charge on any atom is 0.277 e. The smallest absolute Gasteiger partial charge is 0.277 e. The van der Waals surface area contributed by atoms with Gasteiger partial charge in [-0.05, 0) is 54.5 Å². The minimum Gasteiger partial charge on any atom is -0.484 e. The molecule has 0 aliphatic heterocycles. The third-order valence-electron chi connectivity index (χ3n) is 4.34. The van der Waals surface area contributed by atoms with Crippen LogP contribution in [0, 0.1) is 0 Å². The molecule has 1 heterocycles. The number of thioether (sulfide) groups is 1. The molecule has 0 atom stereocenters. The van der Waals surface area contributed by atoms with Gasteiger partial charge in [0, 0.05) is 5.75 Å². The van der Waals surface area contributed by atoms with Gasteiger partial charge in [0.25, 0.3) is 11.1 Å². The monoisotopic (exact) mass is 352 g/mol. The largest absolute Gasteiger partial charge is 0.484 e. The van der Waals surface area contributed by atoms with E-state index < -0.39 is 0 Å². The van der Waals surface area contributed by atoms with E-state index in [9.17, 15) is 0 Å². The quantitative estimate of drug-likeness (QED) is 0.595. The van der Waals surface area contributed by atoms with Gasteiger partial charge in [0.05, 0.1) is 0 Å². The molecule has 1 aliphatic rings. The van der Waals surface area contributed by atoms with Crippen LogP contribution in [0.1, 0.15) is 35.4 Å².